The molecule has 1 aromatic carbocycles. The molecule has 4 nitrogen and oxygen atoms in total. The monoisotopic (exact) mass is 496 g/mol. The fourth-order valence-electron chi connectivity index (χ4n) is 6.27. The molecule has 1 aliphatic heterocycles. The smallest absolute Gasteiger partial charge is 0.147 e. The Bertz CT molecular complexity index is 730. The zero-order chi connectivity index (χ0) is 24.4. The molecule has 2 fully saturated rings. The molecular formula is C28H46ClFN2O2. The van der Waals surface area contributed by atoms with Crippen LogP contribution in [0.1, 0.15) is 83.1 Å². The minimum absolute atomic E-state index is 0.0213. The van der Waals surface area contributed by atoms with E-state index in [1.165, 1.54) is 38.5 Å². The van der Waals surface area contributed by atoms with E-state index in [0.29, 0.717) is 31.2 Å². The van der Waals surface area contributed by atoms with Crippen LogP contribution in [0.3, 0.4) is 0 Å². The number of unbranched alkanes of at least 4 members (excludes halogenated alkanes) is 1. The highest BCUT2D eigenvalue weighted by Gasteiger charge is 2.43. The van der Waals surface area contributed by atoms with Crippen LogP contribution in [0.25, 0.3) is 0 Å². The lowest BCUT2D eigenvalue weighted by Gasteiger charge is -2.46. The van der Waals surface area contributed by atoms with E-state index in [4.69, 9.17) is 16.3 Å². The Morgan fingerprint density at radius 2 is 2.00 bits per heavy atom. The van der Waals surface area contributed by atoms with Gasteiger partial charge in [0.1, 0.15) is 5.82 Å². The zero-order valence-corrected chi connectivity index (χ0v) is 22.1. The van der Waals surface area contributed by atoms with E-state index in [-0.39, 0.29) is 10.9 Å². The first kappa shape index (κ1) is 27.9. The number of hydrogen-bond acceptors (Lipinski definition) is 4. The predicted octanol–water partition coefficient (Wildman–Crippen LogP) is 6.14. The first-order valence-electron chi connectivity index (χ1n) is 13.6. The van der Waals surface area contributed by atoms with Crippen LogP contribution in [-0.2, 0) is 10.3 Å². The van der Waals surface area contributed by atoms with Gasteiger partial charge < -0.3 is 15.2 Å². The SMILES string of the molecule is CCOCCCCC(O)(c1cccc(Cl)c1F)C1CCCN(C(CNC)CC2CCCCC2)C1. The normalized spacial score (nSPS) is 23.0. The summed E-state index contributed by atoms with van der Waals surface area (Å²) in [6.07, 6.45) is 12.1. The van der Waals surface area contributed by atoms with E-state index in [9.17, 15) is 5.11 Å². The lowest BCUT2D eigenvalue weighted by Crippen LogP contribution is -2.52. The molecule has 2 N–H and O–H groups in total. The van der Waals surface area contributed by atoms with Crippen molar-refractivity contribution in [2.45, 2.75) is 89.2 Å². The van der Waals surface area contributed by atoms with Crippen molar-refractivity contribution in [3.8, 4) is 0 Å². The first-order valence-corrected chi connectivity index (χ1v) is 14.0. The number of nitrogens with zero attached hydrogens (tertiary/aromatic N) is 1. The van der Waals surface area contributed by atoms with Crippen LogP contribution in [0.2, 0.25) is 5.02 Å². The summed E-state index contributed by atoms with van der Waals surface area (Å²) in [5, 5.41) is 15.6. The van der Waals surface area contributed by atoms with Gasteiger partial charge in [0.15, 0.2) is 0 Å². The van der Waals surface area contributed by atoms with Gasteiger partial charge in [-0.2, -0.15) is 0 Å². The van der Waals surface area contributed by atoms with Gasteiger partial charge in [-0.15, -0.1) is 0 Å². The van der Waals surface area contributed by atoms with Gasteiger partial charge in [0.25, 0.3) is 0 Å². The molecular weight excluding hydrogens is 451 g/mol. The van der Waals surface area contributed by atoms with Gasteiger partial charge >= 0.3 is 0 Å². The molecule has 194 valence electrons. The molecule has 1 heterocycles. The minimum Gasteiger partial charge on any atom is -0.385 e. The number of ether oxygens (including phenoxy) is 1. The number of aliphatic hydroxyl groups is 1. The van der Waals surface area contributed by atoms with Crippen LogP contribution in [0.4, 0.5) is 4.39 Å². The van der Waals surface area contributed by atoms with Crippen molar-refractivity contribution in [2.24, 2.45) is 11.8 Å². The highest BCUT2D eigenvalue weighted by molar-refractivity contribution is 6.30. The number of likely N-dealkylation sites (N-methyl/N-ethyl adjacent to an activating group) is 1. The molecule has 34 heavy (non-hydrogen) atoms. The highest BCUT2D eigenvalue weighted by atomic mass is 35.5. The van der Waals surface area contributed by atoms with Crippen LogP contribution in [0, 0.1) is 17.7 Å². The molecule has 0 spiro atoms. The first-order chi connectivity index (χ1) is 16.5. The van der Waals surface area contributed by atoms with E-state index in [0.717, 1.165) is 51.2 Å². The average Bonchev–Trinajstić information content (AvgIpc) is 2.86. The second-order valence-electron chi connectivity index (χ2n) is 10.5. The third kappa shape index (κ3) is 7.39. The summed E-state index contributed by atoms with van der Waals surface area (Å²) in [4.78, 5) is 2.58. The Hall–Kier alpha value is -0.720. The number of piperidine rings is 1. The van der Waals surface area contributed by atoms with Crippen LogP contribution in [-0.4, -0.2) is 55.9 Å². The zero-order valence-electron chi connectivity index (χ0n) is 21.3. The van der Waals surface area contributed by atoms with Crippen LogP contribution >= 0.6 is 11.6 Å². The Labute approximate surface area is 211 Å². The summed E-state index contributed by atoms with van der Waals surface area (Å²) in [6, 6.07) is 5.52. The van der Waals surface area contributed by atoms with E-state index in [2.05, 4.69) is 10.2 Å². The van der Waals surface area contributed by atoms with Gasteiger partial charge in [0.2, 0.25) is 0 Å². The number of hydrogen-bond donors (Lipinski definition) is 2. The molecule has 1 aromatic rings. The molecule has 6 heteroatoms. The van der Waals surface area contributed by atoms with E-state index in [1.54, 1.807) is 18.2 Å². The van der Waals surface area contributed by atoms with Crippen LogP contribution in [0.5, 0.6) is 0 Å². The number of nitrogens with one attached hydrogen (secondary N) is 1. The van der Waals surface area contributed by atoms with Gasteiger partial charge in [-0.1, -0.05) is 55.8 Å². The average molecular weight is 497 g/mol. The van der Waals surface area contributed by atoms with Gasteiger partial charge in [-0.05, 0) is 71.0 Å². The van der Waals surface area contributed by atoms with Crippen molar-refractivity contribution >= 4 is 11.6 Å². The van der Waals surface area contributed by atoms with E-state index < -0.39 is 11.4 Å². The lowest BCUT2D eigenvalue weighted by molar-refractivity contribution is -0.0712. The topological polar surface area (TPSA) is 44.7 Å². The van der Waals surface area contributed by atoms with Gasteiger partial charge in [-0.25, -0.2) is 4.39 Å². The molecule has 3 atom stereocenters. The molecule has 2 aliphatic rings. The number of halogens is 2. The molecule has 3 rings (SSSR count). The molecule has 0 aromatic heterocycles. The Morgan fingerprint density at radius 3 is 2.74 bits per heavy atom. The maximum Gasteiger partial charge on any atom is 0.147 e. The number of benzene rings is 1. The van der Waals surface area contributed by atoms with Crippen molar-refractivity contribution in [2.75, 3.05) is 39.9 Å². The Morgan fingerprint density at radius 1 is 1.21 bits per heavy atom. The summed E-state index contributed by atoms with van der Waals surface area (Å²) < 4.78 is 20.7. The molecule has 3 unspecified atom stereocenters. The lowest BCUT2D eigenvalue weighted by atomic mass is 9.73. The highest BCUT2D eigenvalue weighted by Crippen LogP contribution is 2.42. The van der Waals surface area contributed by atoms with Crippen LogP contribution in [0.15, 0.2) is 18.2 Å². The van der Waals surface area contributed by atoms with Gasteiger partial charge in [-0.3, -0.25) is 4.90 Å². The third-order valence-electron chi connectivity index (χ3n) is 8.13. The Kier molecular flexibility index (Phi) is 11.6. The molecule has 0 radical (unpaired) electrons. The van der Waals surface area contributed by atoms with Crippen LogP contribution < -0.4 is 5.32 Å². The second-order valence-corrected chi connectivity index (χ2v) is 10.9. The van der Waals surface area contributed by atoms with E-state index in [1.807, 2.05) is 14.0 Å². The standard InChI is InChI=1S/C28H46ClFN2O2/c1-3-34-18-8-7-16-28(33,25-14-9-15-26(29)27(25)30)23-13-10-17-32(21-23)24(20-31-2)19-22-11-5-4-6-12-22/h9,14-15,22-24,31,33H,3-8,10-13,16-21H2,1-2H3. The van der Waals surface area contributed by atoms with Crippen molar-refractivity contribution in [1.82, 2.24) is 10.2 Å². The number of likely N-dealkylation sites (tertiary alicyclic amines) is 1. The van der Waals surface area contributed by atoms with E-state index >= 15 is 4.39 Å². The van der Waals surface area contributed by atoms with Crippen molar-refractivity contribution in [1.29, 1.82) is 0 Å². The summed E-state index contributed by atoms with van der Waals surface area (Å²) in [6.45, 7) is 6.16. The summed E-state index contributed by atoms with van der Waals surface area (Å²) in [5.41, 5.74) is -0.866. The van der Waals surface area contributed by atoms with Crippen molar-refractivity contribution in [3.05, 3.63) is 34.6 Å². The molecule has 1 saturated heterocycles. The molecule has 1 aliphatic carbocycles. The largest absolute Gasteiger partial charge is 0.385 e. The summed E-state index contributed by atoms with van der Waals surface area (Å²) in [7, 11) is 2.03. The van der Waals surface area contributed by atoms with Crippen molar-refractivity contribution < 1.29 is 14.2 Å². The second kappa shape index (κ2) is 14.1. The molecule has 0 bridgehead atoms. The Balaban J connectivity index is 1.77. The summed E-state index contributed by atoms with van der Waals surface area (Å²) in [5.74, 6) is 0.310. The van der Waals surface area contributed by atoms with Crippen molar-refractivity contribution in [3.63, 3.8) is 0 Å². The maximum atomic E-state index is 15.2. The molecule has 0 amide bonds. The minimum atomic E-state index is -1.23. The van der Waals surface area contributed by atoms with Gasteiger partial charge in [0, 0.05) is 43.8 Å². The quantitative estimate of drug-likeness (QED) is 0.322. The molecule has 1 saturated carbocycles. The fourth-order valence-corrected chi connectivity index (χ4v) is 6.45. The predicted molar refractivity (Wildman–Crippen MR) is 139 cm³/mol. The summed E-state index contributed by atoms with van der Waals surface area (Å²) >= 11 is 6.17. The third-order valence-corrected chi connectivity index (χ3v) is 8.43. The fraction of sp³-hybridized carbons (Fsp3) is 0.786. The maximum absolute atomic E-state index is 15.2. The van der Waals surface area contributed by atoms with Gasteiger partial charge in [0.05, 0.1) is 10.6 Å². The number of rotatable bonds is 13.